The van der Waals surface area contributed by atoms with Gasteiger partial charge in [-0.1, -0.05) is 120 Å². The first-order valence-corrected chi connectivity index (χ1v) is 14.3. The van der Waals surface area contributed by atoms with Gasteiger partial charge in [-0.2, -0.15) is 0 Å². The third-order valence-electron chi connectivity index (χ3n) is 9.77. The van der Waals surface area contributed by atoms with Gasteiger partial charge in [-0.15, -0.1) is 0 Å². The second-order valence-corrected chi connectivity index (χ2v) is 11.5. The van der Waals surface area contributed by atoms with Crippen LogP contribution < -0.4 is 42.3 Å². The molecular formula is C37H22B2O2. The maximum Gasteiger partial charge on any atom is 0.251 e. The van der Waals surface area contributed by atoms with Crippen molar-refractivity contribution >= 4 is 46.2 Å². The average molecular weight is 520 g/mol. The fourth-order valence-electron chi connectivity index (χ4n) is 8.38. The molecule has 4 aliphatic rings. The molecule has 6 aromatic rings. The van der Waals surface area contributed by atoms with Gasteiger partial charge in [-0.25, -0.2) is 0 Å². The zero-order valence-corrected chi connectivity index (χ0v) is 22.2. The van der Waals surface area contributed by atoms with E-state index in [0.29, 0.717) is 0 Å². The number of para-hydroxylation sites is 2. The van der Waals surface area contributed by atoms with E-state index in [1.165, 1.54) is 55.0 Å². The Labute approximate surface area is 239 Å². The molecule has 0 amide bonds. The zero-order chi connectivity index (χ0) is 26.7. The van der Waals surface area contributed by atoms with Crippen LogP contribution in [0.5, 0.6) is 23.0 Å². The highest BCUT2D eigenvalue weighted by Gasteiger charge is 2.56. The number of hydrogen-bond donors (Lipinski definition) is 0. The SMILES string of the molecule is c1ccc2c(c1)Oc1cccc3c1B2c1ccccc1C31c2ccccc2B2c3ccccc3Oc3cccc1c32. The maximum atomic E-state index is 6.65. The normalized spacial score (nSPS) is 15.3. The van der Waals surface area contributed by atoms with Crippen LogP contribution in [0, 0.1) is 0 Å². The lowest BCUT2D eigenvalue weighted by atomic mass is 9.25. The molecule has 0 bridgehead atoms. The number of fused-ring (bicyclic) bond motifs is 12. The third-order valence-corrected chi connectivity index (χ3v) is 9.77. The molecule has 0 N–H and O–H groups in total. The van der Waals surface area contributed by atoms with Crippen molar-refractivity contribution in [2.75, 3.05) is 0 Å². The van der Waals surface area contributed by atoms with E-state index in [1.54, 1.807) is 0 Å². The Hall–Kier alpha value is -4.95. The fourth-order valence-corrected chi connectivity index (χ4v) is 8.38. The first-order valence-electron chi connectivity index (χ1n) is 14.3. The van der Waals surface area contributed by atoms with Gasteiger partial charge >= 0.3 is 0 Å². The highest BCUT2D eigenvalue weighted by Crippen LogP contribution is 2.49. The summed E-state index contributed by atoms with van der Waals surface area (Å²) >= 11 is 0. The fraction of sp³-hybridized carbons (Fsp3) is 0.0270. The minimum atomic E-state index is -0.512. The molecule has 4 aliphatic heterocycles. The van der Waals surface area contributed by atoms with E-state index in [1.807, 2.05) is 0 Å². The monoisotopic (exact) mass is 520 g/mol. The van der Waals surface area contributed by atoms with Crippen LogP contribution in [0.15, 0.2) is 133 Å². The van der Waals surface area contributed by atoms with Crippen molar-refractivity contribution in [2.24, 2.45) is 0 Å². The van der Waals surface area contributed by atoms with E-state index in [4.69, 9.17) is 9.47 Å². The summed E-state index contributed by atoms with van der Waals surface area (Å²) in [5.41, 5.74) is 12.4. The summed E-state index contributed by atoms with van der Waals surface area (Å²) in [6.07, 6.45) is 0. The van der Waals surface area contributed by atoms with Gasteiger partial charge in [0.2, 0.25) is 0 Å². The van der Waals surface area contributed by atoms with Gasteiger partial charge in [0.15, 0.2) is 0 Å². The molecule has 0 fully saturated rings. The smallest absolute Gasteiger partial charge is 0.251 e. The topological polar surface area (TPSA) is 18.5 Å². The molecule has 0 unspecified atom stereocenters. The standard InChI is InChI=1S/C37H22B2O2/c1-3-15-27-23(11-1)37(25-13-9-21-33-35(25)38(27)29-17-5-7-19-31(29)40-33)24-12-2-4-16-28(24)39-30-18-6-8-20-32(30)41-34-22-10-14-26(37)36(34)39/h1-22H. The summed E-state index contributed by atoms with van der Waals surface area (Å²) in [4.78, 5) is 0. The second-order valence-electron chi connectivity index (χ2n) is 11.5. The predicted molar refractivity (Wildman–Crippen MR) is 167 cm³/mol. The van der Waals surface area contributed by atoms with Crippen LogP contribution in [0.3, 0.4) is 0 Å². The van der Waals surface area contributed by atoms with Gasteiger partial charge in [0.1, 0.15) is 23.0 Å². The van der Waals surface area contributed by atoms with E-state index in [0.717, 1.165) is 23.0 Å². The first kappa shape index (κ1) is 21.8. The lowest BCUT2D eigenvalue weighted by Gasteiger charge is -2.51. The molecule has 0 radical (unpaired) electrons. The van der Waals surface area contributed by atoms with Gasteiger partial charge in [0, 0.05) is 0 Å². The maximum absolute atomic E-state index is 6.65. The summed E-state index contributed by atoms with van der Waals surface area (Å²) in [6, 6.07) is 48.5. The lowest BCUT2D eigenvalue weighted by Crippen LogP contribution is -2.69. The Morgan fingerprint density at radius 2 is 0.707 bits per heavy atom. The zero-order valence-electron chi connectivity index (χ0n) is 22.2. The minimum absolute atomic E-state index is 0.106. The largest absolute Gasteiger partial charge is 0.458 e. The molecule has 0 saturated heterocycles. The van der Waals surface area contributed by atoms with Crippen molar-refractivity contribution < 1.29 is 9.47 Å². The third kappa shape index (κ3) is 2.53. The van der Waals surface area contributed by atoms with Crippen molar-refractivity contribution in [2.45, 2.75) is 5.41 Å². The van der Waals surface area contributed by atoms with Gasteiger partial charge in [0.05, 0.1) is 5.41 Å². The summed E-state index contributed by atoms with van der Waals surface area (Å²) in [5, 5.41) is 0. The average Bonchev–Trinajstić information content (AvgIpc) is 3.03. The molecule has 0 aliphatic carbocycles. The Bertz CT molecular complexity index is 1950. The number of rotatable bonds is 0. The number of ether oxygens (including phenoxy) is 2. The van der Waals surface area contributed by atoms with E-state index in [9.17, 15) is 0 Å². The van der Waals surface area contributed by atoms with Crippen molar-refractivity contribution in [3.05, 3.63) is 156 Å². The Kier molecular flexibility index (Phi) is 4.05. The Balaban J connectivity index is 1.40. The van der Waals surface area contributed by atoms with Gasteiger partial charge in [-0.3, -0.25) is 0 Å². The van der Waals surface area contributed by atoms with Crippen LogP contribution in [0.1, 0.15) is 22.3 Å². The molecule has 0 aromatic heterocycles. The first-order chi connectivity index (χ1) is 20.4. The quantitative estimate of drug-likeness (QED) is 0.282. The summed E-state index contributed by atoms with van der Waals surface area (Å²) < 4.78 is 13.3. The van der Waals surface area contributed by atoms with E-state index in [2.05, 4.69) is 133 Å². The van der Waals surface area contributed by atoms with Gasteiger partial charge in [-0.05, 0) is 68.4 Å². The predicted octanol–water partition coefficient (Wildman–Crippen LogP) is 3.94. The van der Waals surface area contributed by atoms with E-state index < -0.39 is 5.41 Å². The second kappa shape index (κ2) is 7.62. The number of benzene rings is 6. The van der Waals surface area contributed by atoms with Gasteiger partial charge in [0.25, 0.3) is 13.4 Å². The highest BCUT2D eigenvalue weighted by molar-refractivity contribution is 6.99. The lowest BCUT2D eigenvalue weighted by molar-refractivity contribution is 0.484. The van der Waals surface area contributed by atoms with Crippen LogP contribution in [-0.2, 0) is 5.41 Å². The highest BCUT2D eigenvalue weighted by atomic mass is 16.5. The Morgan fingerprint density at radius 3 is 1.20 bits per heavy atom. The van der Waals surface area contributed by atoms with Crippen LogP contribution in [0.2, 0.25) is 0 Å². The van der Waals surface area contributed by atoms with Crippen LogP contribution in [0.25, 0.3) is 0 Å². The molecular weight excluding hydrogens is 498 g/mol. The molecule has 1 spiro atoms. The molecule has 188 valence electrons. The molecule has 0 saturated carbocycles. The van der Waals surface area contributed by atoms with Gasteiger partial charge < -0.3 is 9.47 Å². The van der Waals surface area contributed by atoms with Crippen molar-refractivity contribution in [1.82, 2.24) is 0 Å². The van der Waals surface area contributed by atoms with Crippen molar-refractivity contribution in [1.29, 1.82) is 0 Å². The molecule has 0 atom stereocenters. The molecule has 6 aromatic carbocycles. The van der Waals surface area contributed by atoms with Crippen LogP contribution in [0.4, 0.5) is 0 Å². The van der Waals surface area contributed by atoms with Crippen LogP contribution in [-0.4, -0.2) is 13.4 Å². The molecule has 10 rings (SSSR count). The van der Waals surface area contributed by atoms with Crippen molar-refractivity contribution in [3.8, 4) is 23.0 Å². The van der Waals surface area contributed by atoms with Crippen molar-refractivity contribution in [3.63, 3.8) is 0 Å². The summed E-state index contributed by atoms with van der Waals surface area (Å²) in [6.45, 7) is 0.212. The van der Waals surface area contributed by atoms with E-state index in [-0.39, 0.29) is 13.4 Å². The summed E-state index contributed by atoms with van der Waals surface area (Å²) in [5.74, 6) is 3.79. The number of hydrogen-bond acceptors (Lipinski definition) is 2. The van der Waals surface area contributed by atoms with Crippen LogP contribution >= 0.6 is 0 Å². The minimum Gasteiger partial charge on any atom is -0.458 e. The Morgan fingerprint density at radius 1 is 0.341 bits per heavy atom. The molecule has 41 heavy (non-hydrogen) atoms. The molecule has 4 heterocycles. The molecule has 2 nitrogen and oxygen atoms in total. The van der Waals surface area contributed by atoms with E-state index >= 15 is 0 Å². The summed E-state index contributed by atoms with van der Waals surface area (Å²) in [7, 11) is 0. The molecule has 4 heteroatoms.